The number of carbonyl (C=O) groups is 5. The summed E-state index contributed by atoms with van der Waals surface area (Å²) in [6.07, 6.45) is 3.18. The second-order valence-electron chi connectivity index (χ2n) is 11.2. The Morgan fingerprint density at radius 3 is 2.19 bits per heavy atom. The number of aromatic amines is 1. The lowest BCUT2D eigenvalue weighted by Crippen LogP contribution is -2.59. The van der Waals surface area contributed by atoms with Crippen molar-refractivity contribution in [3.05, 3.63) is 66.2 Å². The highest BCUT2D eigenvalue weighted by molar-refractivity contribution is 7.80. The number of guanidine groups is 1. The monoisotopic (exact) mass is 682 g/mol. The Morgan fingerprint density at radius 1 is 0.917 bits per heavy atom. The molecular formula is C31H42N10O6S. The van der Waals surface area contributed by atoms with E-state index < -0.39 is 59.8 Å². The van der Waals surface area contributed by atoms with Crippen LogP contribution in [0.5, 0.6) is 0 Å². The molecule has 0 aliphatic rings. The van der Waals surface area contributed by atoms with Gasteiger partial charge in [-0.1, -0.05) is 42.5 Å². The molecule has 5 atom stereocenters. The molecule has 0 bridgehead atoms. The number of rotatable bonds is 18. The number of aliphatic carboxylic acids is 1. The van der Waals surface area contributed by atoms with Gasteiger partial charge in [-0.05, 0) is 36.1 Å². The van der Waals surface area contributed by atoms with Crippen LogP contribution in [-0.2, 0) is 36.8 Å². The van der Waals surface area contributed by atoms with Gasteiger partial charge in [-0.25, -0.2) is 9.78 Å². The third-order valence-electron chi connectivity index (χ3n) is 7.37. The van der Waals surface area contributed by atoms with Gasteiger partial charge in [0.1, 0.15) is 24.2 Å². The van der Waals surface area contributed by atoms with Crippen molar-refractivity contribution in [2.45, 2.75) is 62.8 Å². The third kappa shape index (κ3) is 11.6. The van der Waals surface area contributed by atoms with Crippen LogP contribution < -0.4 is 38.1 Å². The van der Waals surface area contributed by atoms with Crippen molar-refractivity contribution in [3.63, 3.8) is 0 Å². The Balaban J connectivity index is 1.85. The lowest BCUT2D eigenvalue weighted by atomic mass is 10.00. The summed E-state index contributed by atoms with van der Waals surface area (Å²) in [6, 6.07) is 7.35. The van der Waals surface area contributed by atoms with Crippen LogP contribution in [0.1, 0.15) is 31.0 Å². The normalized spacial score (nSPS) is 14.1. The van der Waals surface area contributed by atoms with Crippen molar-refractivity contribution in [3.8, 4) is 0 Å². The number of nitrogens with zero attached hydrogens (tertiary/aromatic N) is 1. The minimum atomic E-state index is -1.30. The first-order valence-electron chi connectivity index (χ1n) is 15.2. The van der Waals surface area contributed by atoms with Crippen molar-refractivity contribution in [1.82, 2.24) is 36.6 Å². The molecule has 17 heteroatoms. The number of hydrogen-bond acceptors (Lipinski definition) is 9. The first-order valence-corrected chi connectivity index (χ1v) is 15.8. The number of fused-ring (bicyclic) bond motifs is 1. The maximum atomic E-state index is 13.8. The second-order valence-corrected chi connectivity index (χ2v) is 11.5. The number of H-pyrrole nitrogens is 1. The molecule has 0 saturated carbocycles. The van der Waals surface area contributed by atoms with Crippen LogP contribution in [0, 0.1) is 5.41 Å². The molecule has 258 valence electrons. The van der Waals surface area contributed by atoms with E-state index in [0.717, 1.165) is 10.8 Å². The molecule has 0 radical (unpaired) electrons. The molecule has 0 fully saturated rings. The van der Waals surface area contributed by atoms with E-state index in [1.807, 2.05) is 36.4 Å². The fourth-order valence-corrected chi connectivity index (χ4v) is 4.89. The van der Waals surface area contributed by atoms with Crippen molar-refractivity contribution in [2.24, 2.45) is 11.5 Å². The molecule has 4 amide bonds. The predicted molar refractivity (Wildman–Crippen MR) is 182 cm³/mol. The van der Waals surface area contributed by atoms with E-state index in [1.54, 1.807) is 12.3 Å². The minimum absolute atomic E-state index is 0.00220. The average molecular weight is 683 g/mol. The summed E-state index contributed by atoms with van der Waals surface area (Å²) in [7, 11) is 0. The van der Waals surface area contributed by atoms with Crippen LogP contribution >= 0.6 is 12.6 Å². The van der Waals surface area contributed by atoms with Gasteiger partial charge in [-0.15, -0.1) is 0 Å². The van der Waals surface area contributed by atoms with Gasteiger partial charge in [0.15, 0.2) is 5.96 Å². The number of amides is 4. The second kappa shape index (κ2) is 18.2. The van der Waals surface area contributed by atoms with Gasteiger partial charge in [0, 0.05) is 31.3 Å². The largest absolute Gasteiger partial charge is 0.480 e. The highest BCUT2D eigenvalue weighted by Crippen LogP contribution is 2.17. The minimum Gasteiger partial charge on any atom is -0.480 e. The Kier molecular flexibility index (Phi) is 14.2. The summed E-state index contributed by atoms with van der Waals surface area (Å²) in [5.41, 5.74) is 12.1. The molecule has 3 aromatic rings. The SMILES string of the molecule is C[C@@H](NC(=O)[C@@H](N)CS)C(=O)N[C@@H](Cc1c[nH]cn1)C(=O)N[C@H](Cc1ccc2ccccc2c1)C(=O)N[C@@H](CCCNC(=N)N)C(=O)O. The van der Waals surface area contributed by atoms with Gasteiger partial charge in [-0.2, -0.15) is 12.6 Å². The van der Waals surface area contributed by atoms with Gasteiger partial charge in [0.25, 0.3) is 0 Å². The fourth-order valence-electron chi connectivity index (χ4n) is 4.73. The molecule has 0 spiro atoms. The van der Waals surface area contributed by atoms with Gasteiger partial charge >= 0.3 is 5.97 Å². The molecule has 2 aromatic carbocycles. The van der Waals surface area contributed by atoms with E-state index in [9.17, 15) is 29.1 Å². The smallest absolute Gasteiger partial charge is 0.326 e. The van der Waals surface area contributed by atoms with Gasteiger partial charge in [0.2, 0.25) is 23.6 Å². The highest BCUT2D eigenvalue weighted by Gasteiger charge is 2.31. The number of thiol groups is 1. The van der Waals surface area contributed by atoms with E-state index in [4.69, 9.17) is 16.9 Å². The van der Waals surface area contributed by atoms with E-state index in [0.29, 0.717) is 11.3 Å². The molecule has 0 unspecified atom stereocenters. The first kappa shape index (κ1) is 37.3. The number of benzene rings is 2. The molecule has 1 heterocycles. The van der Waals surface area contributed by atoms with Crippen LogP contribution in [0.25, 0.3) is 10.8 Å². The zero-order chi connectivity index (χ0) is 35.2. The molecule has 1 aromatic heterocycles. The molecule has 48 heavy (non-hydrogen) atoms. The van der Waals surface area contributed by atoms with Crippen LogP contribution in [-0.4, -0.2) is 93.1 Å². The maximum Gasteiger partial charge on any atom is 0.326 e. The summed E-state index contributed by atoms with van der Waals surface area (Å²) in [5, 5.41) is 31.8. The number of carboxylic acids is 1. The number of imidazole rings is 1. The van der Waals surface area contributed by atoms with Crippen molar-refractivity contribution in [2.75, 3.05) is 12.3 Å². The molecule has 0 aliphatic heterocycles. The summed E-state index contributed by atoms with van der Waals surface area (Å²) < 4.78 is 0. The summed E-state index contributed by atoms with van der Waals surface area (Å²) in [4.78, 5) is 71.7. The van der Waals surface area contributed by atoms with Gasteiger partial charge in [0.05, 0.1) is 18.1 Å². The Hall–Kier alpha value is -5.16. The average Bonchev–Trinajstić information content (AvgIpc) is 3.57. The van der Waals surface area contributed by atoms with Gasteiger partial charge in [-0.3, -0.25) is 24.6 Å². The van der Waals surface area contributed by atoms with E-state index >= 15 is 0 Å². The van der Waals surface area contributed by atoms with Crippen molar-refractivity contribution in [1.29, 1.82) is 5.41 Å². The third-order valence-corrected chi connectivity index (χ3v) is 7.77. The maximum absolute atomic E-state index is 13.8. The number of carbonyl (C=O) groups excluding carboxylic acids is 4. The van der Waals surface area contributed by atoms with E-state index in [1.165, 1.54) is 13.3 Å². The Morgan fingerprint density at radius 2 is 1.56 bits per heavy atom. The number of aromatic nitrogens is 2. The van der Waals surface area contributed by atoms with Crippen molar-refractivity contribution >= 4 is 59.0 Å². The number of nitrogens with two attached hydrogens (primary N) is 2. The van der Waals surface area contributed by atoms with Crippen LogP contribution in [0.4, 0.5) is 0 Å². The fraction of sp³-hybridized carbons (Fsp3) is 0.387. The molecule has 3 rings (SSSR count). The number of nitrogens with one attached hydrogen (secondary N) is 7. The summed E-state index contributed by atoms with van der Waals surface area (Å²) >= 11 is 3.99. The van der Waals surface area contributed by atoms with Crippen LogP contribution in [0.2, 0.25) is 0 Å². The van der Waals surface area contributed by atoms with Crippen LogP contribution in [0.15, 0.2) is 55.0 Å². The quantitative estimate of drug-likeness (QED) is 0.0334. The molecule has 0 saturated heterocycles. The lowest BCUT2D eigenvalue weighted by molar-refractivity contribution is -0.142. The topological polar surface area (TPSA) is 270 Å². The van der Waals surface area contributed by atoms with Crippen LogP contribution in [0.3, 0.4) is 0 Å². The number of hydrogen-bond donors (Lipinski definition) is 11. The van der Waals surface area contributed by atoms with E-state index in [-0.39, 0.29) is 43.9 Å². The first-order chi connectivity index (χ1) is 22.9. The predicted octanol–water partition coefficient (Wildman–Crippen LogP) is -1.09. The zero-order valence-electron chi connectivity index (χ0n) is 26.4. The highest BCUT2D eigenvalue weighted by atomic mass is 32.1. The molecule has 0 aliphatic carbocycles. The molecule has 16 nitrogen and oxygen atoms in total. The van der Waals surface area contributed by atoms with Crippen molar-refractivity contribution < 1.29 is 29.1 Å². The Bertz CT molecular complexity index is 1590. The summed E-state index contributed by atoms with van der Waals surface area (Å²) in [5.74, 6) is -4.27. The molecular weight excluding hydrogens is 640 g/mol. The standard InChI is InChI=1S/C31H42N10O6S/c1-17(38-27(43)22(32)15-48)26(42)40-25(13-21-14-35-16-37-21)29(45)41-24(12-18-8-9-19-5-2-3-6-20(19)11-18)28(44)39-23(30(46)47)7-4-10-36-31(33)34/h2-3,5-6,8-9,11,14,16-17,22-25,48H,4,7,10,12-13,15,32H2,1H3,(H,35,37)(H,38,43)(H,39,44)(H,40,42)(H,41,45)(H,46,47)(H4,33,34,36)/t17-,22+,23+,24-,25+/m1/s1. The zero-order valence-corrected chi connectivity index (χ0v) is 27.3. The summed E-state index contributed by atoms with van der Waals surface area (Å²) in [6.45, 7) is 1.65. The van der Waals surface area contributed by atoms with E-state index in [2.05, 4.69) is 49.2 Å². The lowest BCUT2D eigenvalue weighted by Gasteiger charge is -2.25. The Labute approximate surface area is 282 Å². The molecule has 12 N–H and O–H groups in total. The van der Waals surface area contributed by atoms with Gasteiger partial charge < -0.3 is 48.1 Å². The number of carboxylic acid groups (broad SMARTS) is 1.